The second-order valence-electron chi connectivity index (χ2n) is 8.58. The molecule has 11 nitrogen and oxygen atoms in total. The van der Waals surface area contributed by atoms with Crippen LogP contribution < -0.4 is 10.6 Å². The number of nitrogens with zero attached hydrogens (tertiary/aromatic N) is 2. The van der Waals surface area contributed by atoms with Crippen molar-refractivity contribution in [2.75, 3.05) is 38.2 Å². The maximum absolute atomic E-state index is 12.9. The summed E-state index contributed by atoms with van der Waals surface area (Å²) < 4.78 is 32.3. The molecule has 1 aromatic heterocycles. The fraction of sp³-hybridized carbons (Fsp3) is 0.292. The number of carbonyl (C=O) groups is 3. The smallest absolute Gasteiger partial charge is 0.325 e. The predicted octanol–water partition coefficient (Wildman–Crippen LogP) is 1.29. The summed E-state index contributed by atoms with van der Waals surface area (Å²) in [7, 11) is -3.74. The zero-order valence-corrected chi connectivity index (χ0v) is 20.1. The predicted molar refractivity (Wildman–Crippen MR) is 131 cm³/mol. The molecule has 188 valence electrons. The van der Waals surface area contributed by atoms with Gasteiger partial charge >= 0.3 is 6.03 Å². The standard InChI is InChI=1S/C24H25N5O6S/c30-22(26-17-4-3-5-18(13-17)36(33,34)28-8-10-35-11-9-28)15-29-23(31)21(27-24(29)32)12-16-14-25-20-7-2-1-6-19(16)20/h1-7,13-14,21,25H,8-12,15H2,(H,26,30)(H,27,32)/t21-/m1/s1. The highest BCUT2D eigenvalue weighted by atomic mass is 32.2. The third-order valence-electron chi connectivity index (χ3n) is 6.23. The topological polar surface area (TPSA) is 141 Å². The number of ether oxygens (including phenoxy) is 1. The zero-order chi connectivity index (χ0) is 25.3. The molecule has 0 spiro atoms. The Balaban J connectivity index is 1.23. The molecule has 0 unspecified atom stereocenters. The minimum Gasteiger partial charge on any atom is -0.379 e. The number of hydrogen-bond acceptors (Lipinski definition) is 6. The Labute approximate surface area is 207 Å². The van der Waals surface area contributed by atoms with E-state index in [0.29, 0.717) is 13.2 Å². The summed E-state index contributed by atoms with van der Waals surface area (Å²) in [6.07, 6.45) is 2.09. The van der Waals surface area contributed by atoms with Gasteiger partial charge in [-0.15, -0.1) is 0 Å². The zero-order valence-electron chi connectivity index (χ0n) is 19.3. The fourth-order valence-electron chi connectivity index (χ4n) is 4.40. The Kier molecular flexibility index (Phi) is 6.48. The molecule has 0 aliphatic carbocycles. The van der Waals surface area contributed by atoms with Crippen molar-refractivity contribution in [2.45, 2.75) is 17.4 Å². The largest absolute Gasteiger partial charge is 0.379 e. The van der Waals surface area contributed by atoms with E-state index < -0.39 is 40.5 Å². The lowest BCUT2D eigenvalue weighted by Gasteiger charge is -2.26. The maximum atomic E-state index is 12.9. The minimum atomic E-state index is -3.74. The van der Waals surface area contributed by atoms with Gasteiger partial charge in [0.05, 0.1) is 18.1 Å². The normalized spacial score (nSPS) is 19.0. The number of rotatable bonds is 7. The van der Waals surface area contributed by atoms with Gasteiger partial charge in [-0.2, -0.15) is 4.31 Å². The van der Waals surface area contributed by atoms with Gasteiger partial charge in [-0.05, 0) is 29.8 Å². The number of aromatic amines is 1. The van der Waals surface area contributed by atoms with E-state index in [1.807, 2.05) is 24.3 Å². The van der Waals surface area contributed by atoms with Gasteiger partial charge in [0.2, 0.25) is 15.9 Å². The van der Waals surface area contributed by atoms with Crippen LogP contribution in [0.15, 0.2) is 59.6 Å². The molecule has 3 heterocycles. The van der Waals surface area contributed by atoms with Crippen molar-refractivity contribution >= 4 is 44.5 Å². The van der Waals surface area contributed by atoms with Crippen LogP contribution in [-0.4, -0.2) is 79.3 Å². The number of carbonyl (C=O) groups excluding carboxylic acids is 3. The monoisotopic (exact) mass is 511 g/mol. The van der Waals surface area contributed by atoms with E-state index in [1.54, 1.807) is 12.3 Å². The summed E-state index contributed by atoms with van der Waals surface area (Å²) in [5.74, 6) is -1.11. The first kappa shape index (κ1) is 24.0. The number of amides is 4. The van der Waals surface area contributed by atoms with Gasteiger partial charge in [0.1, 0.15) is 12.6 Å². The molecule has 1 atom stereocenters. The van der Waals surface area contributed by atoms with E-state index in [1.165, 1.54) is 22.5 Å². The first-order valence-electron chi connectivity index (χ1n) is 11.5. The van der Waals surface area contributed by atoms with Crippen molar-refractivity contribution in [3.05, 3.63) is 60.3 Å². The molecule has 12 heteroatoms. The molecule has 3 aromatic rings. The van der Waals surface area contributed by atoms with Crippen LogP contribution in [0.3, 0.4) is 0 Å². The Morgan fingerprint density at radius 3 is 2.67 bits per heavy atom. The van der Waals surface area contributed by atoms with Crippen LogP contribution in [0.2, 0.25) is 0 Å². The maximum Gasteiger partial charge on any atom is 0.325 e. The van der Waals surface area contributed by atoms with Crippen LogP contribution >= 0.6 is 0 Å². The van der Waals surface area contributed by atoms with Crippen LogP contribution in [0, 0.1) is 0 Å². The molecule has 2 saturated heterocycles. The number of fused-ring (bicyclic) bond motifs is 1. The molecule has 36 heavy (non-hydrogen) atoms. The fourth-order valence-corrected chi connectivity index (χ4v) is 5.85. The van der Waals surface area contributed by atoms with Gasteiger partial charge < -0.3 is 20.4 Å². The van der Waals surface area contributed by atoms with Crippen LogP contribution in [0.1, 0.15) is 5.56 Å². The lowest BCUT2D eigenvalue weighted by atomic mass is 10.1. The Bertz CT molecular complexity index is 1430. The van der Waals surface area contributed by atoms with Crippen molar-refractivity contribution in [3.8, 4) is 0 Å². The van der Waals surface area contributed by atoms with E-state index in [4.69, 9.17) is 4.74 Å². The Morgan fingerprint density at radius 1 is 1.08 bits per heavy atom. The number of para-hydroxylation sites is 1. The van der Waals surface area contributed by atoms with E-state index in [-0.39, 0.29) is 30.1 Å². The Morgan fingerprint density at radius 2 is 1.86 bits per heavy atom. The molecular formula is C24H25N5O6S. The van der Waals surface area contributed by atoms with Crippen molar-refractivity contribution < 1.29 is 27.5 Å². The average Bonchev–Trinajstić information content (AvgIpc) is 3.41. The number of H-pyrrole nitrogens is 1. The highest BCUT2D eigenvalue weighted by Crippen LogP contribution is 2.22. The number of benzene rings is 2. The molecule has 2 aliphatic heterocycles. The number of anilines is 1. The molecule has 0 radical (unpaired) electrons. The van der Waals surface area contributed by atoms with E-state index >= 15 is 0 Å². The highest BCUT2D eigenvalue weighted by Gasteiger charge is 2.39. The molecule has 3 N–H and O–H groups in total. The highest BCUT2D eigenvalue weighted by molar-refractivity contribution is 7.89. The number of sulfonamides is 1. The van der Waals surface area contributed by atoms with Crippen molar-refractivity contribution in [2.24, 2.45) is 0 Å². The summed E-state index contributed by atoms with van der Waals surface area (Å²) in [5, 5.41) is 6.19. The Hall–Kier alpha value is -3.74. The number of nitrogens with one attached hydrogen (secondary N) is 3. The van der Waals surface area contributed by atoms with Gasteiger partial charge in [-0.1, -0.05) is 24.3 Å². The van der Waals surface area contributed by atoms with Crippen molar-refractivity contribution in [1.82, 2.24) is 19.5 Å². The first-order valence-corrected chi connectivity index (χ1v) is 12.9. The first-order chi connectivity index (χ1) is 17.3. The lowest BCUT2D eigenvalue weighted by molar-refractivity contribution is -0.130. The van der Waals surface area contributed by atoms with Crippen LogP contribution in [-0.2, 0) is 30.8 Å². The third kappa shape index (κ3) is 4.70. The summed E-state index contributed by atoms with van der Waals surface area (Å²) in [6, 6.07) is 12.1. The van der Waals surface area contributed by atoms with Gasteiger partial charge in [0.25, 0.3) is 5.91 Å². The van der Waals surface area contributed by atoms with Gasteiger partial charge in [-0.25, -0.2) is 13.2 Å². The molecule has 2 fully saturated rings. The molecule has 2 aliphatic rings. The lowest BCUT2D eigenvalue weighted by Crippen LogP contribution is -2.40. The van der Waals surface area contributed by atoms with Crippen molar-refractivity contribution in [3.63, 3.8) is 0 Å². The molecule has 0 bridgehead atoms. The number of urea groups is 1. The van der Waals surface area contributed by atoms with Gasteiger partial charge in [0.15, 0.2) is 0 Å². The number of aromatic nitrogens is 1. The summed E-state index contributed by atoms with van der Waals surface area (Å²) in [6.45, 7) is 0.664. The number of morpholine rings is 1. The summed E-state index contributed by atoms with van der Waals surface area (Å²) in [4.78, 5) is 42.0. The van der Waals surface area contributed by atoms with Gasteiger partial charge in [0, 0.05) is 42.3 Å². The second kappa shape index (κ2) is 9.72. The molecular weight excluding hydrogens is 486 g/mol. The average molecular weight is 512 g/mol. The number of imide groups is 1. The molecule has 5 rings (SSSR count). The summed E-state index contributed by atoms with van der Waals surface area (Å²) >= 11 is 0. The molecule has 0 saturated carbocycles. The molecule has 4 amide bonds. The minimum absolute atomic E-state index is 0.0379. The number of hydrogen-bond donors (Lipinski definition) is 3. The second-order valence-corrected chi connectivity index (χ2v) is 10.5. The van der Waals surface area contributed by atoms with Crippen LogP contribution in [0.5, 0.6) is 0 Å². The van der Waals surface area contributed by atoms with E-state index in [2.05, 4.69) is 15.6 Å². The van der Waals surface area contributed by atoms with Crippen molar-refractivity contribution in [1.29, 1.82) is 0 Å². The molecule has 2 aromatic carbocycles. The van der Waals surface area contributed by atoms with Crippen LogP contribution in [0.4, 0.5) is 10.5 Å². The summed E-state index contributed by atoms with van der Waals surface area (Å²) in [5.41, 5.74) is 2.06. The van der Waals surface area contributed by atoms with Gasteiger partial charge in [-0.3, -0.25) is 14.5 Å². The SMILES string of the molecule is O=C(CN1C(=O)N[C@H](Cc2c[nH]c3ccccc23)C1=O)Nc1cccc(S(=O)(=O)N2CCOCC2)c1. The van der Waals surface area contributed by atoms with Crippen LogP contribution in [0.25, 0.3) is 10.9 Å². The van der Waals surface area contributed by atoms with E-state index in [0.717, 1.165) is 21.4 Å². The van der Waals surface area contributed by atoms with E-state index in [9.17, 15) is 22.8 Å². The quantitative estimate of drug-likeness (QED) is 0.408. The third-order valence-corrected chi connectivity index (χ3v) is 8.13.